The molecular formula is C11H11N3O. The smallest absolute Gasteiger partial charge is 0.271 e. The summed E-state index contributed by atoms with van der Waals surface area (Å²) in [6.07, 6.45) is 1.62. The van der Waals surface area contributed by atoms with Gasteiger partial charge in [0.1, 0.15) is 0 Å². The molecule has 4 heteroatoms. The fraction of sp³-hybridized carbons (Fsp3) is 0. The number of hydrogen-bond acceptors (Lipinski definition) is 3. The number of H-pyrrole nitrogens is 1. The van der Waals surface area contributed by atoms with Crippen molar-refractivity contribution in [3.05, 3.63) is 46.9 Å². The van der Waals surface area contributed by atoms with Crippen molar-refractivity contribution in [3.63, 3.8) is 0 Å². The molecule has 0 spiro atoms. The van der Waals surface area contributed by atoms with Gasteiger partial charge in [-0.3, -0.25) is 4.79 Å². The third kappa shape index (κ3) is 1.83. The largest absolute Gasteiger partial charge is 0.399 e. The van der Waals surface area contributed by atoms with E-state index >= 15 is 0 Å². The summed E-state index contributed by atoms with van der Waals surface area (Å²) >= 11 is 0. The number of benzene rings is 1. The lowest BCUT2D eigenvalue weighted by atomic mass is 10.1. The SMILES string of the molecule is Nc1cccc(-c2c[nH]c(=O)c(N)c2)c1. The Kier molecular flexibility index (Phi) is 2.17. The van der Waals surface area contributed by atoms with Gasteiger partial charge >= 0.3 is 0 Å². The number of pyridine rings is 1. The molecule has 2 rings (SSSR count). The normalized spacial score (nSPS) is 10.1. The van der Waals surface area contributed by atoms with Crippen LogP contribution in [0.1, 0.15) is 0 Å². The lowest BCUT2D eigenvalue weighted by Gasteiger charge is -2.03. The standard InChI is InChI=1S/C11H11N3O/c12-9-3-1-2-7(4-9)8-5-10(13)11(15)14-6-8/h1-6H,12-13H2,(H,14,15). The van der Waals surface area contributed by atoms with Crippen molar-refractivity contribution in [3.8, 4) is 11.1 Å². The third-order valence-electron chi connectivity index (χ3n) is 2.15. The molecule has 2 aromatic rings. The molecule has 0 aliphatic heterocycles. The van der Waals surface area contributed by atoms with Crippen LogP contribution in [0.5, 0.6) is 0 Å². The third-order valence-corrected chi connectivity index (χ3v) is 2.15. The van der Waals surface area contributed by atoms with Gasteiger partial charge < -0.3 is 16.5 Å². The number of nitrogens with two attached hydrogens (primary N) is 2. The van der Waals surface area contributed by atoms with Gasteiger partial charge in [0.05, 0.1) is 5.69 Å². The molecule has 0 unspecified atom stereocenters. The molecule has 0 saturated carbocycles. The van der Waals surface area contributed by atoms with E-state index < -0.39 is 0 Å². The van der Waals surface area contributed by atoms with E-state index in [1.54, 1.807) is 18.3 Å². The molecule has 0 saturated heterocycles. The van der Waals surface area contributed by atoms with Gasteiger partial charge in [0.15, 0.2) is 0 Å². The zero-order valence-corrected chi connectivity index (χ0v) is 8.03. The molecule has 1 heterocycles. The zero-order valence-electron chi connectivity index (χ0n) is 8.03. The highest BCUT2D eigenvalue weighted by Gasteiger charge is 2.00. The highest BCUT2D eigenvalue weighted by atomic mass is 16.1. The minimum Gasteiger partial charge on any atom is -0.399 e. The molecule has 76 valence electrons. The van der Waals surface area contributed by atoms with Crippen LogP contribution in [0.15, 0.2) is 41.3 Å². The van der Waals surface area contributed by atoms with E-state index in [1.165, 1.54) is 0 Å². The second-order valence-electron chi connectivity index (χ2n) is 3.30. The topological polar surface area (TPSA) is 84.9 Å². The minimum absolute atomic E-state index is 0.204. The van der Waals surface area contributed by atoms with Gasteiger partial charge in [-0.25, -0.2) is 0 Å². The van der Waals surface area contributed by atoms with Crippen molar-refractivity contribution in [2.45, 2.75) is 0 Å². The molecule has 1 aromatic carbocycles. The van der Waals surface area contributed by atoms with E-state index in [4.69, 9.17) is 11.5 Å². The Hall–Kier alpha value is -2.23. The van der Waals surface area contributed by atoms with E-state index in [1.807, 2.05) is 18.2 Å². The highest BCUT2D eigenvalue weighted by molar-refractivity contribution is 5.68. The number of nitrogens with one attached hydrogen (secondary N) is 1. The minimum atomic E-state index is -0.275. The van der Waals surface area contributed by atoms with Crippen LogP contribution in [0.25, 0.3) is 11.1 Å². The molecule has 15 heavy (non-hydrogen) atoms. The molecule has 1 aromatic heterocycles. The fourth-order valence-electron chi connectivity index (χ4n) is 1.39. The van der Waals surface area contributed by atoms with Gasteiger partial charge in [-0.05, 0) is 23.8 Å². The molecule has 0 radical (unpaired) electrons. The molecule has 0 bridgehead atoms. The molecule has 0 amide bonds. The Morgan fingerprint density at radius 2 is 1.87 bits per heavy atom. The number of anilines is 2. The quantitative estimate of drug-likeness (QED) is 0.606. The molecule has 4 nitrogen and oxygen atoms in total. The fourth-order valence-corrected chi connectivity index (χ4v) is 1.39. The van der Waals surface area contributed by atoms with Crippen molar-refractivity contribution < 1.29 is 0 Å². The van der Waals surface area contributed by atoms with Crippen LogP contribution in [0, 0.1) is 0 Å². The molecule has 0 atom stereocenters. The van der Waals surface area contributed by atoms with E-state index in [0.29, 0.717) is 5.69 Å². The molecule has 0 fully saturated rings. The number of aromatic nitrogens is 1. The number of rotatable bonds is 1. The first-order valence-corrected chi connectivity index (χ1v) is 4.51. The number of hydrogen-bond donors (Lipinski definition) is 3. The van der Waals surface area contributed by atoms with Crippen LogP contribution >= 0.6 is 0 Å². The van der Waals surface area contributed by atoms with Crippen molar-refractivity contribution >= 4 is 11.4 Å². The highest BCUT2D eigenvalue weighted by Crippen LogP contribution is 2.20. The van der Waals surface area contributed by atoms with Crippen molar-refractivity contribution in [2.24, 2.45) is 0 Å². The van der Waals surface area contributed by atoms with Crippen LogP contribution in [0.4, 0.5) is 11.4 Å². The second kappa shape index (κ2) is 3.49. The Balaban J connectivity index is 2.55. The van der Waals surface area contributed by atoms with E-state index in [0.717, 1.165) is 11.1 Å². The molecular weight excluding hydrogens is 190 g/mol. The molecule has 0 aliphatic carbocycles. The predicted molar refractivity (Wildman–Crippen MR) is 61.3 cm³/mol. The average Bonchev–Trinajstić information content (AvgIpc) is 2.22. The first kappa shape index (κ1) is 9.33. The Morgan fingerprint density at radius 3 is 2.53 bits per heavy atom. The Labute approximate surface area is 86.5 Å². The van der Waals surface area contributed by atoms with Gasteiger partial charge in [-0.2, -0.15) is 0 Å². The summed E-state index contributed by atoms with van der Waals surface area (Å²) in [5.41, 5.74) is 13.6. The van der Waals surface area contributed by atoms with Gasteiger partial charge in [-0.1, -0.05) is 12.1 Å². The number of nitrogen functional groups attached to an aromatic ring is 2. The lowest BCUT2D eigenvalue weighted by molar-refractivity contribution is 1.25. The monoisotopic (exact) mass is 201 g/mol. The second-order valence-corrected chi connectivity index (χ2v) is 3.30. The average molecular weight is 201 g/mol. The van der Waals surface area contributed by atoms with E-state index in [2.05, 4.69) is 4.98 Å². The Bertz CT molecular complexity index is 546. The van der Waals surface area contributed by atoms with Gasteiger partial charge in [0.25, 0.3) is 5.56 Å². The van der Waals surface area contributed by atoms with Crippen LogP contribution in [0.2, 0.25) is 0 Å². The summed E-state index contributed by atoms with van der Waals surface area (Å²) in [6.45, 7) is 0. The van der Waals surface area contributed by atoms with Crippen molar-refractivity contribution in [1.29, 1.82) is 0 Å². The van der Waals surface area contributed by atoms with E-state index in [-0.39, 0.29) is 11.2 Å². The predicted octanol–water partition coefficient (Wildman–Crippen LogP) is 1.21. The maximum atomic E-state index is 11.1. The maximum Gasteiger partial charge on any atom is 0.271 e. The maximum absolute atomic E-state index is 11.1. The number of aromatic amines is 1. The van der Waals surface area contributed by atoms with Crippen LogP contribution in [-0.2, 0) is 0 Å². The summed E-state index contributed by atoms with van der Waals surface area (Å²) in [5.74, 6) is 0. The molecule has 0 aliphatic rings. The van der Waals surface area contributed by atoms with E-state index in [9.17, 15) is 4.79 Å². The first-order valence-electron chi connectivity index (χ1n) is 4.51. The van der Waals surface area contributed by atoms with Gasteiger partial charge in [-0.15, -0.1) is 0 Å². The van der Waals surface area contributed by atoms with Crippen LogP contribution in [-0.4, -0.2) is 4.98 Å². The van der Waals surface area contributed by atoms with Crippen LogP contribution in [0.3, 0.4) is 0 Å². The van der Waals surface area contributed by atoms with Gasteiger partial charge in [0, 0.05) is 17.4 Å². The van der Waals surface area contributed by atoms with Crippen molar-refractivity contribution in [1.82, 2.24) is 4.98 Å². The Morgan fingerprint density at radius 1 is 1.07 bits per heavy atom. The lowest BCUT2D eigenvalue weighted by Crippen LogP contribution is -2.10. The summed E-state index contributed by atoms with van der Waals surface area (Å²) in [4.78, 5) is 13.6. The first-order chi connectivity index (χ1) is 7.16. The summed E-state index contributed by atoms with van der Waals surface area (Å²) in [6, 6.07) is 9.02. The summed E-state index contributed by atoms with van der Waals surface area (Å²) < 4.78 is 0. The zero-order chi connectivity index (χ0) is 10.8. The van der Waals surface area contributed by atoms with Crippen LogP contribution < -0.4 is 17.0 Å². The van der Waals surface area contributed by atoms with Gasteiger partial charge in [0.2, 0.25) is 0 Å². The summed E-state index contributed by atoms with van der Waals surface area (Å²) in [5, 5.41) is 0. The summed E-state index contributed by atoms with van der Waals surface area (Å²) in [7, 11) is 0. The van der Waals surface area contributed by atoms with Crippen molar-refractivity contribution in [2.75, 3.05) is 11.5 Å². The molecule has 5 N–H and O–H groups in total.